The molecule has 1 aromatic heterocycles. The van der Waals surface area contributed by atoms with Gasteiger partial charge in [0.2, 0.25) is 5.89 Å². The first-order chi connectivity index (χ1) is 9.63. The van der Waals surface area contributed by atoms with E-state index in [0.717, 1.165) is 23.2 Å². The maximum Gasteiger partial charge on any atom is 0.229 e. The van der Waals surface area contributed by atoms with Crippen LogP contribution in [-0.4, -0.2) is 26.6 Å². The van der Waals surface area contributed by atoms with Gasteiger partial charge in [-0.3, -0.25) is 0 Å². The third-order valence-corrected chi connectivity index (χ3v) is 5.03. The molecule has 1 aliphatic rings. The van der Waals surface area contributed by atoms with Crippen LogP contribution in [0.25, 0.3) is 0 Å². The van der Waals surface area contributed by atoms with E-state index in [4.69, 9.17) is 4.52 Å². The average molecular weight is 298 g/mol. The maximum atomic E-state index is 9.88. The van der Waals surface area contributed by atoms with E-state index in [1.165, 1.54) is 32.1 Å². The fraction of sp³-hybridized carbons (Fsp3) is 0.867. The van der Waals surface area contributed by atoms with Gasteiger partial charge in [0, 0.05) is 5.25 Å². The molecule has 0 saturated heterocycles. The zero-order valence-electron chi connectivity index (χ0n) is 12.5. The lowest BCUT2D eigenvalue weighted by molar-refractivity contribution is 0.138. The molecule has 0 aromatic carbocycles. The van der Waals surface area contributed by atoms with Gasteiger partial charge in [0.05, 0.1) is 18.3 Å². The van der Waals surface area contributed by atoms with Gasteiger partial charge < -0.3 is 9.63 Å². The molecule has 1 N–H and O–H groups in total. The number of hydrogen-bond acceptors (Lipinski definition) is 5. The number of aromatic nitrogens is 2. The molecule has 2 rings (SSSR count). The molecule has 1 aliphatic carbocycles. The molecule has 4 nitrogen and oxygen atoms in total. The van der Waals surface area contributed by atoms with E-state index in [2.05, 4.69) is 24.0 Å². The summed E-state index contributed by atoms with van der Waals surface area (Å²) in [6.07, 6.45) is 7.61. The second-order valence-electron chi connectivity index (χ2n) is 6.16. The van der Waals surface area contributed by atoms with Crippen molar-refractivity contribution in [2.75, 3.05) is 0 Å². The van der Waals surface area contributed by atoms with Crippen molar-refractivity contribution in [1.29, 1.82) is 0 Å². The first-order valence-electron chi connectivity index (χ1n) is 7.74. The predicted molar refractivity (Wildman–Crippen MR) is 81.6 cm³/mol. The Kier molecular flexibility index (Phi) is 6.36. The quantitative estimate of drug-likeness (QED) is 0.833. The number of hydrogen-bond donors (Lipinski definition) is 1. The molecule has 1 atom stereocenters. The van der Waals surface area contributed by atoms with Gasteiger partial charge in [-0.05, 0) is 25.2 Å². The second-order valence-corrected chi connectivity index (χ2v) is 7.45. The van der Waals surface area contributed by atoms with Crippen molar-refractivity contribution in [2.24, 2.45) is 5.92 Å². The molecule has 20 heavy (non-hydrogen) atoms. The zero-order valence-corrected chi connectivity index (χ0v) is 13.4. The molecule has 5 heteroatoms. The lowest BCUT2D eigenvalue weighted by Gasteiger charge is -2.19. The molecule has 0 aliphatic heterocycles. The van der Waals surface area contributed by atoms with E-state index >= 15 is 0 Å². The van der Waals surface area contributed by atoms with E-state index in [1.807, 2.05) is 11.8 Å². The van der Waals surface area contributed by atoms with Crippen molar-refractivity contribution in [3.8, 4) is 0 Å². The molecular formula is C15H26N2O2S. The Labute approximate surface area is 125 Å². The third-order valence-electron chi connectivity index (χ3n) is 3.66. The van der Waals surface area contributed by atoms with Gasteiger partial charge in [-0.2, -0.15) is 16.7 Å². The van der Waals surface area contributed by atoms with Crippen LogP contribution in [0.2, 0.25) is 0 Å². The molecular weight excluding hydrogens is 272 g/mol. The van der Waals surface area contributed by atoms with Crippen LogP contribution in [0.4, 0.5) is 0 Å². The standard InChI is InChI=1S/C15H26N2O2S/c1-11(2)8-12(18)9-15-16-14(17-19-15)10-20-13-6-4-3-5-7-13/h11-13,18H,3-10H2,1-2H3. The molecule has 114 valence electrons. The van der Waals surface area contributed by atoms with Crippen LogP contribution in [0.3, 0.4) is 0 Å². The van der Waals surface area contributed by atoms with Gasteiger partial charge in [-0.1, -0.05) is 38.3 Å². The summed E-state index contributed by atoms with van der Waals surface area (Å²) in [7, 11) is 0. The van der Waals surface area contributed by atoms with E-state index in [1.54, 1.807) is 0 Å². The summed E-state index contributed by atoms with van der Waals surface area (Å²) in [5.74, 6) is 2.65. The van der Waals surface area contributed by atoms with Gasteiger partial charge >= 0.3 is 0 Å². The molecule has 0 bridgehead atoms. The van der Waals surface area contributed by atoms with Crippen molar-refractivity contribution >= 4 is 11.8 Å². The molecule has 1 unspecified atom stereocenters. The van der Waals surface area contributed by atoms with Crippen LogP contribution in [0.1, 0.15) is 64.1 Å². The zero-order chi connectivity index (χ0) is 14.4. The van der Waals surface area contributed by atoms with Crippen LogP contribution in [0, 0.1) is 5.92 Å². The minimum Gasteiger partial charge on any atom is -0.393 e. The molecule has 0 radical (unpaired) electrons. The Morgan fingerprint density at radius 2 is 2.05 bits per heavy atom. The van der Waals surface area contributed by atoms with Gasteiger partial charge in [-0.15, -0.1) is 0 Å². The summed E-state index contributed by atoms with van der Waals surface area (Å²) in [5.41, 5.74) is 0. The normalized spacial score (nSPS) is 18.6. The number of nitrogens with zero attached hydrogens (tertiary/aromatic N) is 2. The Morgan fingerprint density at radius 3 is 2.75 bits per heavy atom. The highest BCUT2D eigenvalue weighted by atomic mass is 32.2. The smallest absolute Gasteiger partial charge is 0.229 e. The summed E-state index contributed by atoms with van der Waals surface area (Å²) in [4.78, 5) is 4.38. The number of aliphatic hydroxyl groups is 1. The summed E-state index contributed by atoms with van der Waals surface area (Å²) in [6, 6.07) is 0. The van der Waals surface area contributed by atoms with Gasteiger partial charge in [0.25, 0.3) is 0 Å². The van der Waals surface area contributed by atoms with Crippen LogP contribution < -0.4 is 0 Å². The Hall–Kier alpha value is -0.550. The maximum absolute atomic E-state index is 9.88. The molecule has 1 heterocycles. The topological polar surface area (TPSA) is 59.2 Å². The monoisotopic (exact) mass is 298 g/mol. The highest BCUT2D eigenvalue weighted by molar-refractivity contribution is 7.99. The van der Waals surface area contributed by atoms with Crippen molar-refractivity contribution in [3.63, 3.8) is 0 Å². The van der Waals surface area contributed by atoms with E-state index in [9.17, 15) is 5.11 Å². The molecule has 1 aromatic rings. The average Bonchev–Trinajstić information content (AvgIpc) is 2.84. The summed E-state index contributed by atoms with van der Waals surface area (Å²) < 4.78 is 5.22. The van der Waals surface area contributed by atoms with Crippen molar-refractivity contribution in [2.45, 2.75) is 75.9 Å². The fourth-order valence-corrected chi connectivity index (χ4v) is 3.85. The van der Waals surface area contributed by atoms with Gasteiger partial charge in [-0.25, -0.2) is 0 Å². The first kappa shape index (κ1) is 15.8. The van der Waals surface area contributed by atoms with Gasteiger partial charge in [0.15, 0.2) is 5.82 Å². The van der Waals surface area contributed by atoms with E-state index < -0.39 is 0 Å². The van der Waals surface area contributed by atoms with Crippen LogP contribution in [-0.2, 0) is 12.2 Å². The minimum absolute atomic E-state index is 0.380. The molecule has 0 spiro atoms. The highest BCUT2D eigenvalue weighted by Gasteiger charge is 2.17. The first-order valence-corrected chi connectivity index (χ1v) is 8.79. The predicted octanol–water partition coefficient (Wildman–Crippen LogP) is 3.59. The Bertz CT molecular complexity index is 389. The second kappa shape index (κ2) is 8.03. The Balaban J connectivity index is 1.73. The molecule has 1 fully saturated rings. The number of aliphatic hydroxyl groups excluding tert-OH is 1. The highest BCUT2D eigenvalue weighted by Crippen LogP contribution is 2.29. The largest absolute Gasteiger partial charge is 0.393 e. The SMILES string of the molecule is CC(C)CC(O)Cc1nc(CSC2CCCCC2)no1. The molecule has 0 amide bonds. The summed E-state index contributed by atoms with van der Waals surface area (Å²) in [6.45, 7) is 4.20. The Morgan fingerprint density at radius 1 is 1.30 bits per heavy atom. The minimum atomic E-state index is -0.380. The van der Waals surface area contributed by atoms with E-state index in [0.29, 0.717) is 18.2 Å². The van der Waals surface area contributed by atoms with Crippen LogP contribution in [0.15, 0.2) is 4.52 Å². The van der Waals surface area contributed by atoms with Crippen LogP contribution >= 0.6 is 11.8 Å². The number of rotatable bonds is 7. The fourth-order valence-electron chi connectivity index (χ4n) is 2.68. The van der Waals surface area contributed by atoms with Crippen LogP contribution in [0.5, 0.6) is 0 Å². The van der Waals surface area contributed by atoms with Crippen molar-refractivity contribution in [1.82, 2.24) is 10.1 Å². The lowest BCUT2D eigenvalue weighted by Crippen LogP contribution is -2.13. The van der Waals surface area contributed by atoms with Gasteiger partial charge in [0.1, 0.15) is 0 Å². The molecule has 1 saturated carbocycles. The summed E-state index contributed by atoms with van der Waals surface area (Å²) >= 11 is 1.95. The number of thioether (sulfide) groups is 1. The lowest BCUT2D eigenvalue weighted by atomic mass is 10.0. The van der Waals surface area contributed by atoms with Crippen molar-refractivity contribution < 1.29 is 9.63 Å². The summed E-state index contributed by atoms with van der Waals surface area (Å²) in [5, 5.41) is 14.7. The van der Waals surface area contributed by atoms with Crippen molar-refractivity contribution in [3.05, 3.63) is 11.7 Å². The third kappa shape index (κ3) is 5.44. The van der Waals surface area contributed by atoms with E-state index in [-0.39, 0.29) is 6.10 Å².